The molecule has 0 saturated heterocycles. The summed E-state index contributed by atoms with van der Waals surface area (Å²) >= 11 is 1.14. The van der Waals surface area contributed by atoms with Gasteiger partial charge in [-0.05, 0) is 37.1 Å². The van der Waals surface area contributed by atoms with Crippen LogP contribution in [0, 0.1) is 12.7 Å². The molecule has 0 radical (unpaired) electrons. The number of aryl methyl sites for hydroxylation is 2. The van der Waals surface area contributed by atoms with E-state index < -0.39 is 0 Å². The van der Waals surface area contributed by atoms with Crippen LogP contribution in [0.15, 0.2) is 54.6 Å². The van der Waals surface area contributed by atoms with E-state index in [1.54, 1.807) is 49.4 Å². The van der Waals surface area contributed by atoms with Crippen molar-refractivity contribution < 1.29 is 14.0 Å². The fourth-order valence-corrected chi connectivity index (χ4v) is 3.46. The number of ketones is 1. The molecule has 26 heavy (non-hydrogen) atoms. The van der Waals surface area contributed by atoms with Crippen LogP contribution in [0.3, 0.4) is 0 Å². The van der Waals surface area contributed by atoms with Crippen LogP contribution >= 0.6 is 11.3 Å². The second kappa shape index (κ2) is 8.01. The number of thiazole rings is 1. The quantitative estimate of drug-likeness (QED) is 0.644. The average Bonchev–Trinajstić information content (AvgIpc) is 3.01. The molecular formula is C20H17FN2O2S. The zero-order valence-electron chi connectivity index (χ0n) is 14.2. The van der Waals surface area contributed by atoms with Gasteiger partial charge in [-0.2, -0.15) is 0 Å². The molecular weight excluding hydrogens is 351 g/mol. The minimum absolute atomic E-state index is 0.108. The Morgan fingerprint density at radius 1 is 1.08 bits per heavy atom. The Hall–Kier alpha value is -2.86. The Labute approximate surface area is 154 Å². The molecule has 1 heterocycles. The number of hydrogen-bond donors (Lipinski definition) is 1. The van der Waals surface area contributed by atoms with E-state index in [0.717, 1.165) is 11.3 Å². The van der Waals surface area contributed by atoms with Gasteiger partial charge in [0.25, 0.3) is 5.91 Å². The summed E-state index contributed by atoms with van der Waals surface area (Å²) in [5.41, 5.74) is 1.60. The lowest BCUT2D eigenvalue weighted by Crippen LogP contribution is -2.11. The first-order valence-electron chi connectivity index (χ1n) is 8.15. The number of halogens is 1. The largest absolute Gasteiger partial charge is 0.298 e. The van der Waals surface area contributed by atoms with E-state index in [-0.39, 0.29) is 23.9 Å². The third-order valence-electron chi connectivity index (χ3n) is 3.89. The molecule has 6 heteroatoms. The molecule has 0 fully saturated rings. The number of rotatable bonds is 6. The Kier molecular flexibility index (Phi) is 5.53. The summed E-state index contributed by atoms with van der Waals surface area (Å²) in [4.78, 5) is 29.4. The molecule has 0 aliphatic rings. The topological polar surface area (TPSA) is 59.1 Å². The molecule has 2 aromatic carbocycles. The highest BCUT2D eigenvalue weighted by atomic mass is 32.1. The third kappa shape index (κ3) is 4.21. The Morgan fingerprint density at radius 2 is 1.77 bits per heavy atom. The standard InChI is InChI=1S/C20H17FN2O2S/c1-13-18(17(24)12-11-14-7-5-6-10-16(14)21)26-20(22-13)23-19(25)15-8-3-2-4-9-15/h2-10H,11-12H2,1H3,(H,22,23,25). The number of Topliss-reactive ketones (excluding diaryl/α,β-unsaturated/α-hetero) is 1. The maximum absolute atomic E-state index is 13.7. The van der Waals surface area contributed by atoms with Crippen molar-refractivity contribution in [1.29, 1.82) is 0 Å². The van der Waals surface area contributed by atoms with Crippen LogP contribution in [-0.2, 0) is 6.42 Å². The highest BCUT2D eigenvalue weighted by Gasteiger charge is 2.17. The number of nitrogens with one attached hydrogen (secondary N) is 1. The molecule has 0 atom stereocenters. The molecule has 1 N–H and O–H groups in total. The monoisotopic (exact) mass is 368 g/mol. The van der Waals surface area contributed by atoms with Gasteiger partial charge in [0.05, 0.1) is 10.6 Å². The molecule has 1 amide bonds. The second-order valence-corrected chi connectivity index (χ2v) is 6.77. The molecule has 132 valence electrons. The minimum Gasteiger partial charge on any atom is -0.298 e. The van der Waals surface area contributed by atoms with Gasteiger partial charge >= 0.3 is 0 Å². The number of hydrogen-bond acceptors (Lipinski definition) is 4. The van der Waals surface area contributed by atoms with Crippen molar-refractivity contribution in [3.05, 3.63) is 82.1 Å². The van der Waals surface area contributed by atoms with Crippen molar-refractivity contribution in [3.63, 3.8) is 0 Å². The number of carbonyl (C=O) groups is 2. The molecule has 0 spiro atoms. The first kappa shape index (κ1) is 17.9. The van der Waals surface area contributed by atoms with Crippen LogP contribution in [-0.4, -0.2) is 16.7 Å². The molecule has 0 unspecified atom stereocenters. The van der Waals surface area contributed by atoms with Gasteiger partial charge in [0, 0.05) is 12.0 Å². The average molecular weight is 368 g/mol. The third-order valence-corrected chi connectivity index (χ3v) is 5.00. The fourth-order valence-electron chi connectivity index (χ4n) is 2.53. The molecule has 3 aromatic rings. The smallest absolute Gasteiger partial charge is 0.257 e. The number of anilines is 1. The number of benzene rings is 2. The fraction of sp³-hybridized carbons (Fsp3) is 0.150. The van der Waals surface area contributed by atoms with E-state index in [1.165, 1.54) is 6.07 Å². The second-order valence-electron chi connectivity index (χ2n) is 5.77. The maximum atomic E-state index is 13.7. The highest BCUT2D eigenvalue weighted by molar-refractivity contribution is 7.17. The number of aromatic nitrogens is 1. The van der Waals surface area contributed by atoms with E-state index >= 15 is 0 Å². The minimum atomic E-state index is -0.308. The lowest BCUT2D eigenvalue weighted by molar-refractivity contribution is 0.0984. The summed E-state index contributed by atoms with van der Waals surface area (Å²) < 4.78 is 13.7. The lowest BCUT2D eigenvalue weighted by Gasteiger charge is -2.02. The van der Waals surface area contributed by atoms with Crippen molar-refractivity contribution >= 4 is 28.2 Å². The van der Waals surface area contributed by atoms with Crippen LogP contribution in [0.2, 0.25) is 0 Å². The molecule has 1 aromatic heterocycles. The van der Waals surface area contributed by atoms with E-state index in [9.17, 15) is 14.0 Å². The van der Waals surface area contributed by atoms with Crippen molar-refractivity contribution in [2.75, 3.05) is 5.32 Å². The van der Waals surface area contributed by atoms with E-state index in [1.807, 2.05) is 6.07 Å². The van der Waals surface area contributed by atoms with Crippen molar-refractivity contribution in [1.82, 2.24) is 4.98 Å². The summed E-state index contributed by atoms with van der Waals surface area (Å²) in [6.07, 6.45) is 0.518. The number of carbonyl (C=O) groups excluding carboxylic acids is 2. The van der Waals surface area contributed by atoms with Crippen LogP contribution in [0.25, 0.3) is 0 Å². The molecule has 4 nitrogen and oxygen atoms in total. The predicted octanol–water partition coefficient (Wildman–Crippen LogP) is 4.66. The summed E-state index contributed by atoms with van der Waals surface area (Å²) in [6.45, 7) is 1.73. The summed E-state index contributed by atoms with van der Waals surface area (Å²) in [5.74, 6) is -0.690. The van der Waals surface area contributed by atoms with E-state index in [4.69, 9.17) is 0 Å². The van der Waals surface area contributed by atoms with Gasteiger partial charge in [-0.25, -0.2) is 9.37 Å². The molecule has 0 saturated carbocycles. The normalized spacial score (nSPS) is 10.5. The molecule has 0 bridgehead atoms. The maximum Gasteiger partial charge on any atom is 0.257 e. The Morgan fingerprint density at radius 3 is 2.50 bits per heavy atom. The molecule has 0 aliphatic heterocycles. The lowest BCUT2D eigenvalue weighted by atomic mass is 10.1. The van der Waals surface area contributed by atoms with Crippen molar-refractivity contribution in [2.24, 2.45) is 0 Å². The SMILES string of the molecule is Cc1nc(NC(=O)c2ccccc2)sc1C(=O)CCc1ccccc1F. The summed E-state index contributed by atoms with van der Waals surface area (Å²) in [7, 11) is 0. The van der Waals surface area contributed by atoms with Gasteiger partial charge in [0.15, 0.2) is 10.9 Å². The number of nitrogens with zero attached hydrogens (tertiary/aromatic N) is 1. The van der Waals surface area contributed by atoms with Crippen molar-refractivity contribution in [3.8, 4) is 0 Å². The van der Waals surface area contributed by atoms with Crippen LogP contribution in [0.4, 0.5) is 9.52 Å². The summed E-state index contributed by atoms with van der Waals surface area (Å²) in [6, 6.07) is 15.2. The number of amides is 1. The van der Waals surface area contributed by atoms with Gasteiger partial charge in [-0.1, -0.05) is 47.7 Å². The van der Waals surface area contributed by atoms with Gasteiger partial charge in [0.2, 0.25) is 0 Å². The molecule has 0 aliphatic carbocycles. The molecule has 3 rings (SSSR count). The van der Waals surface area contributed by atoms with Gasteiger partial charge in [-0.15, -0.1) is 0 Å². The van der Waals surface area contributed by atoms with Gasteiger partial charge in [-0.3, -0.25) is 14.9 Å². The first-order valence-corrected chi connectivity index (χ1v) is 8.96. The Bertz CT molecular complexity index is 938. The van der Waals surface area contributed by atoms with Crippen LogP contribution in [0.1, 0.15) is 37.7 Å². The van der Waals surface area contributed by atoms with Crippen molar-refractivity contribution in [2.45, 2.75) is 19.8 Å². The van der Waals surface area contributed by atoms with Crippen LogP contribution in [0.5, 0.6) is 0 Å². The zero-order chi connectivity index (χ0) is 18.5. The first-order chi connectivity index (χ1) is 12.5. The van der Waals surface area contributed by atoms with Crippen LogP contribution < -0.4 is 5.32 Å². The summed E-state index contributed by atoms with van der Waals surface area (Å²) in [5, 5.41) is 3.09. The zero-order valence-corrected chi connectivity index (χ0v) is 15.0. The Balaban J connectivity index is 1.66. The highest BCUT2D eigenvalue weighted by Crippen LogP contribution is 2.25. The van der Waals surface area contributed by atoms with Gasteiger partial charge in [0.1, 0.15) is 5.82 Å². The van der Waals surface area contributed by atoms with E-state index in [0.29, 0.717) is 33.3 Å². The van der Waals surface area contributed by atoms with E-state index in [2.05, 4.69) is 10.3 Å². The van der Waals surface area contributed by atoms with Gasteiger partial charge < -0.3 is 0 Å². The predicted molar refractivity (Wildman–Crippen MR) is 100 cm³/mol.